The number of amides is 1. The average Bonchev–Trinajstić information content (AvgIpc) is 2.36. The van der Waals surface area contributed by atoms with E-state index in [-0.39, 0.29) is 12.2 Å². The summed E-state index contributed by atoms with van der Waals surface area (Å²) in [6.07, 6.45) is -0.209. The largest absolute Gasteiger partial charge is 0.445 e. The highest BCUT2D eigenvalue weighted by Crippen LogP contribution is 2.05. The summed E-state index contributed by atoms with van der Waals surface area (Å²) in [6, 6.07) is 0. The van der Waals surface area contributed by atoms with Crippen LogP contribution in [0.3, 0.4) is 0 Å². The number of piperazine rings is 1. The lowest BCUT2D eigenvalue weighted by atomic mass is 10.3. The molecule has 0 saturated carbocycles. The molecule has 1 aliphatic rings. The normalized spacial score (nSPS) is 19.1. The molecule has 0 unspecified atom stereocenters. The van der Waals surface area contributed by atoms with Crippen molar-refractivity contribution in [3.8, 4) is 0 Å². The van der Waals surface area contributed by atoms with Crippen LogP contribution in [0, 0.1) is 0 Å². The van der Waals surface area contributed by atoms with Crippen LogP contribution in [-0.2, 0) is 4.74 Å². The van der Waals surface area contributed by atoms with Crippen molar-refractivity contribution in [1.29, 1.82) is 0 Å². The molecule has 1 heterocycles. The molecular weight excluding hydrogens is 230 g/mol. The van der Waals surface area contributed by atoms with Crippen LogP contribution in [0.1, 0.15) is 20.8 Å². The first-order valence-electron chi connectivity index (χ1n) is 6.93. The van der Waals surface area contributed by atoms with Gasteiger partial charge in [-0.15, -0.1) is 0 Å². The molecule has 1 rings (SSSR count). The second-order valence-corrected chi connectivity index (χ2v) is 4.97. The zero-order valence-electron chi connectivity index (χ0n) is 12.2. The molecule has 1 fully saturated rings. The Morgan fingerprint density at radius 2 is 1.78 bits per heavy atom. The van der Waals surface area contributed by atoms with Crippen molar-refractivity contribution in [2.24, 2.45) is 0 Å². The van der Waals surface area contributed by atoms with Crippen LogP contribution in [0.4, 0.5) is 4.79 Å². The standard InChI is InChI=1S/C13H27N3O2/c1-5-15(6-2)11-12(3)18-13(17)16-9-7-14(4)8-10-16/h12H,5-11H2,1-4H3/t12-/m1/s1. The second kappa shape index (κ2) is 7.59. The van der Waals surface area contributed by atoms with Crippen LogP contribution >= 0.6 is 0 Å². The van der Waals surface area contributed by atoms with E-state index in [1.54, 1.807) is 4.90 Å². The SMILES string of the molecule is CCN(CC)C[C@@H](C)OC(=O)N1CCN(C)CC1. The van der Waals surface area contributed by atoms with Gasteiger partial charge in [0.15, 0.2) is 0 Å². The number of carbonyl (C=O) groups excluding carboxylic acids is 1. The van der Waals surface area contributed by atoms with Crippen molar-refractivity contribution in [2.45, 2.75) is 26.9 Å². The van der Waals surface area contributed by atoms with Gasteiger partial charge in [-0.2, -0.15) is 0 Å². The fourth-order valence-corrected chi connectivity index (χ4v) is 2.12. The number of hydrogen-bond donors (Lipinski definition) is 0. The third-order valence-corrected chi connectivity index (χ3v) is 3.47. The zero-order chi connectivity index (χ0) is 13.5. The summed E-state index contributed by atoms with van der Waals surface area (Å²) in [5.41, 5.74) is 0. The van der Waals surface area contributed by atoms with E-state index in [1.165, 1.54) is 0 Å². The number of nitrogens with zero attached hydrogens (tertiary/aromatic N) is 3. The fourth-order valence-electron chi connectivity index (χ4n) is 2.12. The highest BCUT2D eigenvalue weighted by molar-refractivity contribution is 5.67. The van der Waals surface area contributed by atoms with Gasteiger partial charge in [-0.25, -0.2) is 4.79 Å². The first kappa shape index (κ1) is 15.2. The monoisotopic (exact) mass is 257 g/mol. The molecule has 0 aromatic heterocycles. The Hall–Kier alpha value is -0.810. The molecule has 0 radical (unpaired) electrons. The van der Waals surface area contributed by atoms with Crippen molar-refractivity contribution >= 4 is 6.09 Å². The lowest BCUT2D eigenvalue weighted by Crippen LogP contribution is -2.48. The molecule has 1 saturated heterocycles. The number of hydrogen-bond acceptors (Lipinski definition) is 4. The van der Waals surface area contributed by atoms with Crippen LogP contribution in [0.25, 0.3) is 0 Å². The first-order chi connectivity index (χ1) is 8.56. The third-order valence-electron chi connectivity index (χ3n) is 3.47. The van der Waals surface area contributed by atoms with Gasteiger partial charge in [-0.3, -0.25) is 0 Å². The molecule has 5 heteroatoms. The van der Waals surface area contributed by atoms with E-state index in [9.17, 15) is 4.79 Å². The Bertz CT molecular complexity index is 249. The molecule has 0 spiro atoms. The van der Waals surface area contributed by atoms with E-state index in [0.29, 0.717) is 0 Å². The number of ether oxygens (including phenoxy) is 1. The quantitative estimate of drug-likeness (QED) is 0.739. The minimum atomic E-state index is -0.164. The molecular formula is C13H27N3O2. The van der Waals surface area contributed by atoms with E-state index in [0.717, 1.165) is 45.8 Å². The summed E-state index contributed by atoms with van der Waals surface area (Å²) < 4.78 is 5.49. The van der Waals surface area contributed by atoms with Gasteiger partial charge in [0.1, 0.15) is 6.10 Å². The summed E-state index contributed by atoms with van der Waals surface area (Å²) in [4.78, 5) is 18.2. The third kappa shape index (κ3) is 4.82. The maximum absolute atomic E-state index is 11.9. The highest BCUT2D eigenvalue weighted by Gasteiger charge is 2.22. The lowest BCUT2D eigenvalue weighted by Gasteiger charge is -2.33. The topological polar surface area (TPSA) is 36.0 Å². The zero-order valence-corrected chi connectivity index (χ0v) is 12.2. The van der Waals surface area contributed by atoms with Gasteiger partial charge in [-0.1, -0.05) is 13.8 Å². The number of likely N-dealkylation sites (N-methyl/N-ethyl adjacent to an activating group) is 2. The summed E-state index contributed by atoms with van der Waals surface area (Å²) in [6.45, 7) is 12.4. The number of rotatable bonds is 5. The van der Waals surface area contributed by atoms with Crippen LogP contribution in [0.15, 0.2) is 0 Å². The van der Waals surface area contributed by atoms with Crippen molar-refractivity contribution in [1.82, 2.24) is 14.7 Å². The maximum Gasteiger partial charge on any atom is 0.410 e. The Morgan fingerprint density at radius 3 is 2.28 bits per heavy atom. The molecule has 0 aliphatic carbocycles. The van der Waals surface area contributed by atoms with Crippen molar-refractivity contribution in [3.05, 3.63) is 0 Å². The molecule has 1 atom stereocenters. The van der Waals surface area contributed by atoms with E-state index < -0.39 is 0 Å². The van der Waals surface area contributed by atoms with Crippen LogP contribution in [0.5, 0.6) is 0 Å². The van der Waals surface area contributed by atoms with Gasteiger partial charge in [0.2, 0.25) is 0 Å². The lowest BCUT2D eigenvalue weighted by molar-refractivity contribution is 0.0420. The summed E-state index contributed by atoms with van der Waals surface area (Å²) in [7, 11) is 2.08. The average molecular weight is 257 g/mol. The maximum atomic E-state index is 11.9. The minimum Gasteiger partial charge on any atom is -0.445 e. The minimum absolute atomic E-state index is 0.0444. The van der Waals surface area contributed by atoms with Gasteiger partial charge >= 0.3 is 6.09 Å². The molecule has 0 N–H and O–H groups in total. The van der Waals surface area contributed by atoms with Gasteiger partial charge < -0.3 is 19.4 Å². The Balaban J connectivity index is 2.30. The number of carbonyl (C=O) groups is 1. The second-order valence-electron chi connectivity index (χ2n) is 4.97. The molecule has 0 bridgehead atoms. The molecule has 0 aromatic rings. The summed E-state index contributed by atoms with van der Waals surface area (Å²) in [5.74, 6) is 0. The van der Waals surface area contributed by atoms with Crippen molar-refractivity contribution < 1.29 is 9.53 Å². The van der Waals surface area contributed by atoms with Gasteiger partial charge in [0.05, 0.1) is 0 Å². The molecule has 1 amide bonds. The van der Waals surface area contributed by atoms with Gasteiger partial charge in [-0.05, 0) is 27.1 Å². The smallest absolute Gasteiger partial charge is 0.410 e. The van der Waals surface area contributed by atoms with E-state index in [1.807, 2.05) is 6.92 Å². The summed E-state index contributed by atoms with van der Waals surface area (Å²) >= 11 is 0. The molecule has 18 heavy (non-hydrogen) atoms. The molecule has 1 aliphatic heterocycles. The predicted molar refractivity (Wildman–Crippen MR) is 72.8 cm³/mol. The van der Waals surface area contributed by atoms with E-state index in [4.69, 9.17) is 4.74 Å². The molecule has 0 aromatic carbocycles. The van der Waals surface area contributed by atoms with Gasteiger partial charge in [0, 0.05) is 32.7 Å². The Morgan fingerprint density at radius 1 is 1.22 bits per heavy atom. The fraction of sp³-hybridized carbons (Fsp3) is 0.923. The van der Waals surface area contributed by atoms with Crippen LogP contribution < -0.4 is 0 Å². The first-order valence-corrected chi connectivity index (χ1v) is 6.93. The van der Waals surface area contributed by atoms with Gasteiger partial charge in [0.25, 0.3) is 0 Å². The van der Waals surface area contributed by atoms with Crippen molar-refractivity contribution in [2.75, 3.05) is 52.9 Å². The van der Waals surface area contributed by atoms with E-state index in [2.05, 4.69) is 30.7 Å². The molecule has 5 nitrogen and oxygen atoms in total. The highest BCUT2D eigenvalue weighted by atomic mass is 16.6. The van der Waals surface area contributed by atoms with E-state index >= 15 is 0 Å². The Labute approximate surface area is 111 Å². The molecule has 106 valence electrons. The van der Waals surface area contributed by atoms with Crippen molar-refractivity contribution in [3.63, 3.8) is 0 Å². The predicted octanol–water partition coefficient (Wildman–Crippen LogP) is 1.10. The Kier molecular flexibility index (Phi) is 6.43. The summed E-state index contributed by atoms with van der Waals surface area (Å²) in [5, 5.41) is 0. The van der Waals surface area contributed by atoms with Crippen LogP contribution in [0.2, 0.25) is 0 Å². The van der Waals surface area contributed by atoms with Crippen LogP contribution in [-0.4, -0.2) is 79.8 Å².